The molecule has 2 rings (SSSR count). The number of guanidine groups is 1. The molecule has 0 saturated heterocycles. The molecule has 0 spiro atoms. The van der Waals surface area contributed by atoms with E-state index < -0.39 is 0 Å². The van der Waals surface area contributed by atoms with Crippen LogP contribution in [0.15, 0.2) is 29.3 Å². The summed E-state index contributed by atoms with van der Waals surface area (Å²) >= 11 is 0. The average molecular weight is 406 g/mol. The first-order chi connectivity index (χ1) is 14.0. The van der Waals surface area contributed by atoms with E-state index in [1.807, 2.05) is 45.0 Å². The maximum Gasteiger partial charge on any atom is 0.308 e. The van der Waals surface area contributed by atoms with E-state index >= 15 is 0 Å². The van der Waals surface area contributed by atoms with Crippen LogP contribution >= 0.6 is 0 Å². The minimum absolute atomic E-state index is 0.0328. The van der Waals surface area contributed by atoms with E-state index in [1.165, 1.54) is 0 Å². The highest BCUT2D eigenvalue weighted by molar-refractivity contribution is 5.80. The molecule has 0 aromatic heterocycles. The van der Waals surface area contributed by atoms with E-state index in [-0.39, 0.29) is 18.0 Å². The third kappa shape index (κ3) is 7.83. The second-order valence-corrected chi connectivity index (χ2v) is 7.27. The number of hydrogen-bond acceptors (Lipinski definition) is 5. The fourth-order valence-electron chi connectivity index (χ4n) is 3.39. The van der Waals surface area contributed by atoms with Crippen molar-refractivity contribution in [1.82, 2.24) is 10.6 Å². The topological polar surface area (TPSA) is 81.2 Å². The van der Waals surface area contributed by atoms with Crippen LogP contribution < -0.4 is 20.1 Å². The summed E-state index contributed by atoms with van der Waals surface area (Å²) < 4.78 is 16.2. The second kappa shape index (κ2) is 12.2. The summed E-state index contributed by atoms with van der Waals surface area (Å²) in [5.41, 5.74) is 0. The van der Waals surface area contributed by atoms with Crippen LogP contribution in [0.5, 0.6) is 11.5 Å². The molecule has 0 bridgehead atoms. The van der Waals surface area contributed by atoms with Gasteiger partial charge in [0.15, 0.2) is 5.96 Å². The Morgan fingerprint density at radius 1 is 1.14 bits per heavy atom. The van der Waals surface area contributed by atoms with E-state index in [2.05, 4.69) is 15.6 Å². The summed E-state index contributed by atoms with van der Waals surface area (Å²) in [5.74, 6) is 2.36. The van der Waals surface area contributed by atoms with Crippen LogP contribution in [-0.4, -0.2) is 50.9 Å². The minimum Gasteiger partial charge on any atom is -0.497 e. The van der Waals surface area contributed by atoms with E-state index in [9.17, 15) is 4.79 Å². The van der Waals surface area contributed by atoms with Gasteiger partial charge in [-0.2, -0.15) is 0 Å². The van der Waals surface area contributed by atoms with Crippen LogP contribution in [0, 0.1) is 5.92 Å². The highest BCUT2D eigenvalue weighted by atomic mass is 16.5. The molecule has 1 fully saturated rings. The molecule has 0 amide bonds. The number of methoxy groups -OCH3 is 1. The predicted octanol–water partition coefficient (Wildman–Crippen LogP) is 3.14. The third-order valence-corrected chi connectivity index (χ3v) is 4.94. The van der Waals surface area contributed by atoms with Gasteiger partial charge in [0.1, 0.15) is 17.6 Å². The van der Waals surface area contributed by atoms with Gasteiger partial charge in [-0.1, -0.05) is 0 Å². The number of hydrogen-bond donors (Lipinski definition) is 2. The van der Waals surface area contributed by atoms with Crippen LogP contribution in [0.1, 0.15) is 46.5 Å². The molecule has 1 aliphatic rings. The lowest BCUT2D eigenvalue weighted by atomic mass is 9.86. The fourth-order valence-corrected chi connectivity index (χ4v) is 3.39. The molecule has 0 aliphatic heterocycles. The SMILES string of the molecule is CCNC(=NCC(C)Oc1ccc(OC)cc1)NC1CCC(C(=O)OCC)CC1. The number of benzene rings is 1. The van der Waals surface area contributed by atoms with Gasteiger partial charge in [-0.05, 0) is 70.7 Å². The Bertz CT molecular complexity index is 640. The number of carbonyl (C=O) groups excluding carboxylic acids is 1. The van der Waals surface area contributed by atoms with Gasteiger partial charge in [-0.15, -0.1) is 0 Å². The van der Waals surface area contributed by atoms with Crippen molar-refractivity contribution in [2.75, 3.05) is 26.8 Å². The van der Waals surface area contributed by atoms with Crippen LogP contribution in [0.3, 0.4) is 0 Å². The highest BCUT2D eigenvalue weighted by Gasteiger charge is 2.27. The van der Waals surface area contributed by atoms with Crippen molar-refractivity contribution < 1.29 is 19.0 Å². The molecule has 1 unspecified atom stereocenters. The smallest absolute Gasteiger partial charge is 0.308 e. The fraction of sp³-hybridized carbons (Fsp3) is 0.636. The van der Waals surface area contributed by atoms with Gasteiger partial charge < -0.3 is 24.8 Å². The summed E-state index contributed by atoms with van der Waals surface area (Å²) in [4.78, 5) is 16.6. The zero-order chi connectivity index (χ0) is 21.1. The molecule has 1 saturated carbocycles. The Balaban J connectivity index is 1.81. The van der Waals surface area contributed by atoms with Crippen LogP contribution in [0.2, 0.25) is 0 Å². The Morgan fingerprint density at radius 2 is 1.79 bits per heavy atom. The molecule has 162 valence electrons. The molecule has 7 heteroatoms. The quantitative estimate of drug-likeness (QED) is 0.373. The van der Waals surface area contributed by atoms with Crippen LogP contribution in [0.4, 0.5) is 0 Å². The zero-order valence-electron chi connectivity index (χ0n) is 18.1. The first-order valence-electron chi connectivity index (χ1n) is 10.6. The first-order valence-corrected chi connectivity index (χ1v) is 10.6. The number of nitrogens with zero attached hydrogens (tertiary/aromatic N) is 1. The molecule has 1 aromatic rings. The third-order valence-electron chi connectivity index (χ3n) is 4.94. The number of ether oxygens (including phenoxy) is 3. The Labute approximate surface area is 174 Å². The number of carbonyl (C=O) groups is 1. The summed E-state index contributed by atoms with van der Waals surface area (Å²) in [6, 6.07) is 7.86. The molecule has 7 nitrogen and oxygen atoms in total. The first kappa shape index (κ1) is 22.8. The second-order valence-electron chi connectivity index (χ2n) is 7.27. The molecule has 29 heavy (non-hydrogen) atoms. The molecule has 1 atom stereocenters. The van der Waals surface area contributed by atoms with Gasteiger partial charge in [0, 0.05) is 12.6 Å². The van der Waals surface area contributed by atoms with E-state index in [4.69, 9.17) is 14.2 Å². The van der Waals surface area contributed by atoms with Crippen molar-refractivity contribution in [2.45, 2.75) is 58.6 Å². The molecule has 1 aromatic carbocycles. The summed E-state index contributed by atoms with van der Waals surface area (Å²) in [7, 11) is 1.64. The Morgan fingerprint density at radius 3 is 2.38 bits per heavy atom. The zero-order valence-corrected chi connectivity index (χ0v) is 18.1. The number of rotatable bonds is 9. The minimum atomic E-state index is -0.0592. The molecule has 0 heterocycles. The summed E-state index contributed by atoms with van der Waals surface area (Å²) in [6.07, 6.45) is 3.52. The van der Waals surface area contributed by atoms with Crippen molar-refractivity contribution >= 4 is 11.9 Å². The van der Waals surface area contributed by atoms with Crippen molar-refractivity contribution in [3.05, 3.63) is 24.3 Å². The average Bonchev–Trinajstić information content (AvgIpc) is 2.73. The van der Waals surface area contributed by atoms with E-state index in [0.29, 0.717) is 19.2 Å². The lowest BCUT2D eigenvalue weighted by Gasteiger charge is -2.29. The van der Waals surface area contributed by atoms with Crippen molar-refractivity contribution in [3.8, 4) is 11.5 Å². The largest absolute Gasteiger partial charge is 0.497 e. The molecule has 0 radical (unpaired) electrons. The van der Waals surface area contributed by atoms with E-state index in [1.54, 1.807) is 7.11 Å². The number of aliphatic imine (C=N–C) groups is 1. The van der Waals surface area contributed by atoms with Gasteiger partial charge in [-0.3, -0.25) is 4.79 Å². The van der Waals surface area contributed by atoms with Crippen molar-refractivity contribution in [1.29, 1.82) is 0 Å². The monoisotopic (exact) mass is 405 g/mol. The van der Waals surface area contributed by atoms with Gasteiger partial charge in [0.05, 0.1) is 26.2 Å². The maximum absolute atomic E-state index is 11.9. The lowest BCUT2D eigenvalue weighted by Crippen LogP contribution is -2.45. The maximum atomic E-state index is 11.9. The van der Waals surface area contributed by atoms with Gasteiger partial charge in [0.25, 0.3) is 0 Å². The van der Waals surface area contributed by atoms with Gasteiger partial charge >= 0.3 is 5.97 Å². The van der Waals surface area contributed by atoms with Gasteiger partial charge in [-0.25, -0.2) is 4.99 Å². The Kier molecular flexibility index (Phi) is 9.60. The van der Waals surface area contributed by atoms with Crippen LogP contribution in [0.25, 0.3) is 0 Å². The highest BCUT2D eigenvalue weighted by Crippen LogP contribution is 2.25. The normalized spacial score (nSPS) is 20.5. The summed E-state index contributed by atoms with van der Waals surface area (Å²) in [6.45, 7) is 7.68. The lowest BCUT2D eigenvalue weighted by molar-refractivity contribution is -0.149. The molecular weight excluding hydrogens is 370 g/mol. The summed E-state index contributed by atoms with van der Waals surface area (Å²) in [5, 5.41) is 6.79. The molecular formula is C22H35N3O4. The molecule has 2 N–H and O–H groups in total. The van der Waals surface area contributed by atoms with Crippen molar-refractivity contribution in [2.24, 2.45) is 10.9 Å². The standard InChI is InChI=1S/C22H35N3O4/c1-5-23-22(25-18-9-7-17(8-10-18)21(26)28-6-2)24-15-16(3)29-20-13-11-19(27-4)12-14-20/h11-14,16-18H,5-10,15H2,1-4H3,(H2,23,24,25). The van der Waals surface area contributed by atoms with Gasteiger partial charge in [0.2, 0.25) is 0 Å². The Hall–Kier alpha value is -2.44. The predicted molar refractivity (Wildman–Crippen MR) is 115 cm³/mol. The van der Waals surface area contributed by atoms with Crippen molar-refractivity contribution in [3.63, 3.8) is 0 Å². The number of nitrogens with one attached hydrogen (secondary N) is 2. The van der Waals surface area contributed by atoms with E-state index in [0.717, 1.165) is 49.7 Å². The number of esters is 1. The molecule has 1 aliphatic carbocycles. The van der Waals surface area contributed by atoms with Crippen LogP contribution in [-0.2, 0) is 9.53 Å².